The predicted octanol–water partition coefficient (Wildman–Crippen LogP) is 3.92. The minimum Gasteiger partial charge on any atom is -0.491 e. The van der Waals surface area contributed by atoms with Gasteiger partial charge in [0.1, 0.15) is 5.75 Å². The molecular weight excluding hydrogens is 222 g/mol. The van der Waals surface area contributed by atoms with E-state index in [2.05, 4.69) is 57.3 Å². The number of nitrogens with one attached hydrogen (secondary N) is 1. The van der Waals surface area contributed by atoms with E-state index in [-0.39, 0.29) is 6.10 Å². The molecule has 1 aromatic rings. The van der Waals surface area contributed by atoms with Crippen molar-refractivity contribution in [2.45, 2.75) is 52.7 Å². The highest BCUT2D eigenvalue weighted by Crippen LogP contribution is 2.54. The van der Waals surface area contributed by atoms with Gasteiger partial charge in [-0.25, -0.2) is 0 Å². The fourth-order valence-electron chi connectivity index (χ4n) is 2.47. The summed E-state index contributed by atoms with van der Waals surface area (Å²) < 4.78 is 5.69. The first-order valence-electron chi connectivity index (χ1n) is 7.05. The van der Waals surface area contributed by atoms with Crippen LogP contribution in [0.1, 0.15) is 52.1 Å². The van der Waals surface area contributed by atoms with Crippen LogP contribution in [0.25, 0.3) is 0 Å². The van der Waals surface area contributed by atoms with Crippen LogP contribution in [-0.4, -0.2) is 12.6 Å². The molecule has 1 aromatic carbocycles. The van der Waals surface area contributed by atoms with Crippen molar-refractivity contribution in [2.24, 2.45) is 5.41 Å². The van der Waals surface area contributed by atoms with Gasteiger partial charge >= 0.3 is 0 Å². The highest BCUT2D eigenvalue weighted by Gasteiger charge is 2.44. The second kappa shape index (κ2) is 5.31. The SMILES string of the molecule is CCNC(c1ccc(OC(C)C)cc1)C1(C)CC1. The quantitative estimate of drug-likeness (QED) is 0.822. The van der Waals surface area contributed by atoms with E-state index in [0.717, 1.165) is 12.3 Å². The largest absolute Gasteiger partial charge is 0.491 e. The molecule has 2 heteroatoms. The maximum atomic E-state index is 5.69. The Bertz CT molecular complexity index is 379. The van der Waals surface area contributed by atoms with Gasteiger partial charge in [0.25, 0.3) is 0 Å². The summed E-state index contributed by atoms with van der Waals surface area (Å²) in [5.41, 5.74) is 1.84. The van der Waals surface area contributed by atoms with E-state index in [4.69, 9.17) is 4.74 Å². The van der Waals surface area contributed by atoms with Crippen LogP contribution >= 0.6 is 0 Å². The Balaban J connectivity index is 2.11. The second-order valence-electron chi connectivity index (χ2n) is 5.88. The highest BCUT2D eigenvalue weighted by atomic mass is 16.5. The summed E-state index contributed by atoms with van der Waals surface area (Å²) in [5, 5.41) is 3.62. The Morgan fingerprint density at radius 1 is 1.22 bits per heavy atom. The normalized spacial score (nSPS) is 18.7. The summed E-state index contributed by atoms with van der Waals surface area (Å²) in [6.07, 6.45) is 2.89. The first-order chi connectivity index (χ1) is 8.55. The van der Waals surface area contributed by atoms with Gasteiger partial charge in [0.15, 0.2) is 0 Å². The van der Waals surface area contributed by atoms with Crippen LogP contribution in [0, 0.1) is 5.41 Å². The molecule has 0 heterocycles. The van der Waals surface area contributed by atoms with Crippen molar-refractivity contribution < 1.29 is 4.74 Å². The molecule has 1 aliphatic rings. The lowest BCUT2D eigenvalue weighted by atomic mass is 9.91. The summed E-state index contributed by atoms with van der Waals surface area (Å²) in [6, 6.07) is 9.07. The molecule has 0 spiro atoms. The first-order valence-corrected chi connectivity index (χ1v) is 7.05. The zero-order chi connectivity index (χ0) is 13.2. The molecule has 1 saturated carbocycles. The molecule has 1 aliphatic carbocycles. The van der Waals surface area contributed by atoms with Crippen molar-refractivity contribution in [3.05, 3.63) is 29.8 Å². The third-order valence-electron chi connectivity index (χ3n) is 3.73. The van der Waals surface area contributed by atoms with Crippen LogP contribution in [0.4, 0.5) is 0 Å². The molecule has 0 radical (unpaired) electrons. The number of rotatable bonds is 6. The van der Waals surface area contributed by atoms with E-state index >= 15 is 0 Å². The van der Waals surface area contributed by atoms with Crippen LogP contribution < -0.4 is 10.1 Å². The van der Waals surface area contributed by atoms with Gasteiger partial charge < -0.3 is 10.1 Å². The van der Waals surface area contributed by atoms with Crippen LogP contribution in [0.2, 0.25) is 0 Å². The summed E-state index contributed by atoms with van der Waals surface area (Å²) in [4.78, 5) is 0. The molecule has 100 valence electrons. The number of hydrogen-bond acceptors (Lipinski definition) is 2. The van der Waals surface area contributed by atoms with Crippen molar-refractivity contribution in [3.63, 3.8) is 0 Å². The minimum atomic E-state index is 0.237. The molecule has 1 fully saturated rings. The molecule has 0 saturated heterocycles. The van der Waals surface area contributed by atoms with E-state index in [1.165, 1.54) is 18.4 Å². The molecule has 0 bridgehead atoms. The van der Waals surface area contributed by atoms with Gasteiger partial charge in [0, 0.05) is 6.04 Å². The molecule has 2 rings (SSSR count). The fraction of sp³-hybridized carbons (Fsp3) is 0.625. The molecule has 2 nitrogen and oxygen atoms in total. The Morgan fingerprint density at radius 3 is 2.28 bits per heavy atom. The van der Waals surface area contributed by atoms with Gasteiger partial charge in [-0.1, -0.05) is 26.0 Å². The summed E-state index contributed by atoms with van der Waals surface area (Å²) in [6.45, 7) is 9.68. The van der Waals surface area contributed by atoms with Crippen LogP contribution in [-0.2, 0) is 0 Å². The molecular formula is C16H25NO. The van der Waals surface area contributed by atoms with Crippen molar-refractivity contribution in [1.82, 2.24) is 5.32 Å². The standard InChI is InChI=1S/C16H25NO/c1-5-17-15(16(4)10-11-16)13-6-8-14(9-7-13)18-12(2)3/h6-9,12,15,17H,5,10-11H2,1-4H3. The summed E-state index contributed by atoms with van der Waals surface area (Å²) >= 11 is 0. The third kappa shape index (κ3) is 3.05. The smallest absolute Gasteiger partial charge is 0.119 e. The van der Waals surface area contributed by atoms with Crippen molar-refractivity contribution in [2.75, 3.05) is 6.54 Å². The lowest BCUT2D eigenvalue weighted by Gasteiger charge is -2.25. The fourth-order valence-corrected chi connectivity index (χ4v) is 2.47. The number of hydrogen-bond donors (Lipinski definition) is 1. The van der Waals surface area contributed by atoms with E-state index in [1.54, 1.807) is 0 Å². The van der Waals surface area contributed by atoms with E-state index < -0.39 is 0 Å². The zero-order valence-corrected chi connectivity index (χ0v) is 12.0. The molecule has 0 aromatic heterocycles. The van der Waals surface area contributed by atoms with Crippen molar-refractivity contribution in [3.8, 4) is 5.75 Å². The van der Waals surface area contributed by atoms with Gasteiger partial charge in [-0.2, -0.15) is 0 Å². The lowest BCUT2D eigenvalue weighted by molar-refractivity contribution is 0.242. The first kappa shape index (κ1) is 13.4. The molecule has 18 heavy (non-hydrogen) atoms. The van der Waals surface area contributed by atoms with Gasteiger partial charge in [-0.05, 0) is 56.3 Å². The Labute approximate surface area is 111 Å². The Morgan fingerprint density at radius 2 is 1.83 bits per heavy atom. The predicted molar refractivity (Wildman–Crippen MR) is 76.0 cm³/mol. The highest BCUT2D eigenvalue weighted by molar-refractivity contribution is 5.31. The van der Waals surface area contributed by atoms with Gasteiger partial charge in [0.05, 0.1) is 6.10 Å². The zero-order valence-electron chi connectivity index (χ0n) is 12.0. The lowest BCUT2D eigenvalue weighted by Crippen LogP contribution is -2.27. The average Bonchev–Trinajstić information content (AvgIpc) is 3.06. The molecule has 0 amide bonds. The van der Waals surface area contributed by atoms with Crippen LogP contribution in [0.3, 0.4) is 0 Å². The van der Waals surface area contributed by atoms with Crippen LogP contribution in [0.5, 0.6) is 5.75 Å². The monoisotopic (exact) mass is 247 g/mol. The number of ether oxygens (including phenoxy) is 1. The molecule has 1 atom stereocenters. The maximum Gasteiger partial charge on any atom is 0.119 e. The summed E-state index contributed by atoms with van der Waals surface area (Å²) in [5.74, 6) is 0.963. The molecule has 0 aliphatic heterocycles. The van der Waals surface area contributed by atoms with Crippen molar-refractivity contribution in [1.29, 1.82) is 0 Å². The maximum absolute atomic E-state index is 5.69. The minimum absolute atomic E-state index is 0.237. The van der Waals surface area contributed by atoms with Gasteiger partial charge in [-0.15, -0.1) is 0 Å². The topological polar surface area (TPSA) is 21.3 Å². The van der Waals surface area contributed by atoms with E-state index in [9.17, 15) is 0 Å². The summed E-state index contributed by atoms with van der Waals surface area (Å²) in [7, 11) is 0. The molecule has 1 unspecified atom stereocenters. The average molecular weight is 247 g/mol. The van der Waals surface area contributed by atoms with E-state index in [0.29, 0.717) is 11.5 Å². The Kier molecular flexibility index (Phi) is 3.96. The Hall–Kier alpha value is -1.02. The van der Waals surface area contributed by atoms with Gasteiger partial charge in [0.2, 0.25) is 0 Å². The van der Waals surface area contributed by atoms with Gasteiger partial charge in [-0.3, -0.25) is 0 Å². The van der Waals surface area contributed by atoms with Crippen molar-refractivity contribution >= 4 is 0 Å². The third-order valence-corrected chi connectivity index (χ3v) is 3.73. The van der Waals surface area contributed by atoms with Crippen LogP contribution in [0.15, 0.2) is 24.3 Å². The van der Waals surface area contributed by atoms with E-state index in [1.807, 2.05) is 0 Å². The molecule has 1 N–H and O–H groups in total. The number of benzene rings is 1. The second-order valence-corrected chi connectivity index (χ2v) is 5.88.